The van der Waals surface area contributed by atoms with Crippen LogP contribution in [0.2, 0.25) is 0 Å². The Bertz CT molecular complexity index is 846. The highest BCUT2D eigenvalue weighted by Gasteiger charge is 2.23. The molecule has 3 aromatic rings. The lowest BCUT2D eigenvalue weighted by atomic mass is 10.1. The van der Waals surface area contributed by atoms with E-state index in [0.29, 0.717) is 11.8 Å². The van der Waals surface area contributed by atoms with Crippen molar-refractivity contribution in [3.05, 3.63) is 58.3 Å². The summed E-state index contributed by atoms with van der Waals surface area (Å²) in [5.74, 6) is 0.316. The largest absolute Gasteiger partial charge is 0.357 e. The molecule has 1 fully saturated rings. The number of anilines is 1. The molecule has 0 saturated heterocycles. The quantitative estimate of drug-likeness (QED) is 0.554. The van der Waals surface area contributed by atoms with E-state index in [2.05, 4.69) is 26.9 Å². The summed E-state index contributed by atoms with van der Waals surface area (Å²) in [6.07, 6.45) is 2.40. The van der Waals surface area contributed by atoms with Gasteiger partial charge in [-0.3, -0.25) is 4.79 Å². The van der Waals surface area contributed by atoms with Gasteiger partial charge in [-0.15, -0.1) is 21.5 Å². The number of carbonyl (C=O) groups excluding carboxylic acids is 1. The molecule has 0 aliphatic heterocycles. The topological polar surface area (TPSA) is 66.9 Å². The second kappa shape index (κ2) is 8.20. The van der Waals surface area contributed by atoms with Gasteiger partial charge in [-0.05, 0) is 29.9 Å². The first kappa shape index (κ1) is 17.5. The maximum Gasteiger partial charge on any atom is 0.231 e. The van der Waals surface area contributed by atoms with E-state index in [4.69, 9.17) is 0 Å². The molecule has 0 radical (unpaired) electrons. The Morgan fingerprint density at radius 2 is 2.04 bits per heavy atom. The van der Waals surface area contributed by atoms with E-state index in [-0.39, 0.29) is 11.9 Å². The van der Waals surface area contributed by atoms with E-state index in [0.717, 1.165) is 19.9 Å². The van der Waals surface area contributed by atoms with Crippen molar-refractivity contribution in [3.8, 4) is 0 Å². The number of hydrogen-bond donors (Lipinski definition) is 2. The molecule has 8 heteroatoms. The molecule has 134 valence electrons. The van der Waals surface area contributed by atoms with Crippen LogP contribution in [0.4, 0.5) is 5.13 Å². The zero-order chi connectivity index (χ0) is 17.8. The number of carbonyl (C=O) groups is 1. The molecule has 4 rings (SSSR count). The highest BCUT2D eigenvalue weighted by atomic mass is 32.2. The van der Waals surface area contributed by atoms with Crippen molar-refractivity contribution in [2.45, 2.75) is 29.3 Å². The van der Waals surface area contributed by atoms with Crippen molar-refractivity contribution < 1.29 is 4.79 Å². The van der Waals surface area contributed by atoms with Crippen LogP contribution in [0.15, 0.2) is 52.2 Å². The minimum Gasteiger partial charge on any atom is -0.357 e. The third-order valence-electron chi connectivity index (χ3n) is 3.90. The van der Waals surface area contributed by atoms with Crippen LogP contribution in [0.3, 0.4) is 0 Å². The van der Waals surface area contributed by atoms with Crippen LogP contribution in [-0.4, -0.2) is 27.9 Å². The van der Waals surface area contributed by atoms with Gasteiger partial charge < -0.3 is 10.6 Å². The van der Waals surface area contributed by atoms with Crippen LogP contribution in [0.25, 0.3) is 0 Å². The van der Waals surface area contributed by atoms with E-state index in [1.165, 1.54) is 35.9 Å². The number of thiophene rings is 1. The van der Waals surface area contributed by atoms with Crippen molar-refractivity contribution >= 4 is 45.5 Å². The molecule has 0 spiro atoms. The van der Waals surface area contributed by atoms with Gasteiger partial charge in [0.25, 0.3) is 0 Å². The van der Waals surface area contributed by atoms with Gasteiger partial charge in [-0.2, -0.15) is 0 Å². The summed E-state index contributed by atoms with van der Waals surface area (Å²) in [5, 5.41) is 17.6. The first-order valence-electron chi connectivity index (χ1n) is 8.38. The zero-order valence-electron chi connectivity index (χ0n) is 13.9. The summed E-state index contributed by atoms with van der Waals surface area (Å²) in [5.41, 5.74) is 1.08. The summed E-state index contributed by atoms with van der Waals surface area (Å²) >= 11 is 4.58. The van der Waals surface area contributed by atoms with E-state index < -0.39 is 0 Å². The summed E-state index contributed by atoms with van der Waals surface area (Å²) in [6.45, 7) is 0. The minimum atomic E-state index is -0.120. The van der Waals surface area contributed by atoms with E-state index in [9.17, 15) is 4.79 Å². The molecule has 26 heavy (non-hydrogen) atoms. The molecule has 2 heterocycles. The van der Waals surface area contributed by atoms with E-state index >= 15 is 0 Å². The van der Waals surface area contributed by atoms with Crippen molar-refractivity contribution in [3.63, 3.8) is 0 Å². The van der Waals surface area contributed by atoms with Crippen LogP contribution in [0, 0.1) is 0 Å². The van der Waals surface area contributed by atoms with Crippen LogP contribution in [0.5, 0.6) is 0 Å². The monoisotopic (exact) mass is 402 g/mol. The Morgan fingerprint density at radius 1 is 1.19 bits per heavy atom. The molecule has 1 atom stereocenters. The molecule has 1 amide bonds. The SMILES string of the molecule is O=C(CSc1nnc(NC2CC2)s1)N[C@@H](c1ccccc1)c1cccs1. The fourth-order valence-corrected chi connectivity index (χ4v) is 4.92. The van der Waals surface area contributed by atoms with Crippen molar-refractivity contribution in [2.75, 3.05) is 11.1 Å². The van der Waals surface area contributed by atoms with Crippen LogP contribution >= 0.6 is 34.4 Å². The first-order chi connectivity index (χ1) is 12.8. The molecule has 1 aliphatic rings. The normalized spacial score (nSPS) is 14.8. The molecule has 5 nitrogen and oxygen atoms in total. The number of rotatable bonds is 8. The molecule has 1 aromatic carbocycles. The van der Waals surface area contributed by atoms with Gasteiger partial charge in [0, 0.05) is 10.9 Å². The van der Waals surface area contributed by atoms with E-state index in [1.807, 2.05) is 41.8 Å². The average molecular weight is 403 g/mol. The molecular weight excluding hydrogens is 384 g/mol. The maximum atomic E-state index is 12.5. The van der Waals surface area contributed by atoms with Gasteiger partial charge in [0.1, 0.15) is 0 Å². The number of aromatic nitrogens is 2. The van der Waals surface area contributed by atoms with Gasteiger partial charge in [0.15, 0.2) is 4.34 Å². The fraction of sp³-hybridized carbons (Fsp3) is 0.278. The Kier molecular flexibility index (Phi) is 5.52. The second-order valence-electron chi connectivity index (χ2n) is 6.01. The zero-order valence-corrected chi connectivity index (χ0v) is 16.4. The number of nitrogens with one attached hydrogen (secondary N) is 2. The van der Waals surface area contributed by atoms with Gasteiger partial charge in [-0.1, -0.05) is 59.5 Å². The highest BCUT2D eigenvalue weighted by molar-refractivity contribution is 8.01. The van der Waals surface area contributed by atoms with Crippen LogP contribution in [0.1, 0.15) is 29.3 Å². The predicted octanol–water partition coefficient (Wildman–Crippen LogP) is 4.17. The third kappa shape index (κ3) is 4.63. The molecule has 2 N–H and O–H groups in total. The Labute approximate surface area is 164 Å². The molecule has 1 aliphatic carbocycles. The molecule has 1 saturated carbocycles. The van der Waals surface area contributed by atoms with Gasteiger partial charge in [-0.25, -0.2) is 0 Å². The summed E-state index contributed by atoms with van der Waals surface area (Å²) < 4.78 is 0.815. The molecular formula is C18H18N4OS3. The first-order valence-corrected chi connectivity index (χ1v) is 11.1. The lowest BCUT2D eigenvalue weighted by Crippen LogP contribution is -2.30. The second-order valence-corrected chi connectivity index (χ2v) is 9.19. The average Bonchev–Trinajstić information content (AvgIpc) is 3.12. The number of thioether (sulfide) groups is 1. The lowest BCUT2D eigenvalue weighted by molar-refractivity contribution is -0.119. The molecule has 0 unspecified atom stereocenters. The molecule has 2 aromatic heterocycles. The fourth-order valence-electron chi connectivity index (χ4n) is 2.48. The summed E-state index contributed by atoms with van der Waals surface area (Å²) in [7, 11) is 0. The highest BCUT2D eigenvalue weighted by Crippen LogP contribution is 2.30. The Balaban J connectivity index is 1.36. The smallest absolute Gasteiger partial charge is 0.231 e. The standard InChI is InChI=1S/C18H18N4OS3/c23-15(11-25-18-22-21-17(26-18)19-13-8-9-13)20-16(14-7-4-10-24-14)12-5-2-1-3-6-12/h1-7,10,13,16H,8-9,11H2,(H,19,21)(H,20,23)/t16-/m0/s1. The van der Waals surface area contributed by atoms with Crippen molar-refractivity contribution in [2.24, 2.45) is 0 Å². The number of hydrogen-bond acceptors (Lipinski definition) is 7. The third-order valence-corrected chi connectivity index (χ3v) is 6.83. The summed E-state index contributed by atoms with van der Waals surface area (Å²) in [6, 6.07) is 14.5. The Morgan fingerprint density at radius 3 is 2.77 bits per heavy atom. The van der Waals surface area contributed by atoms with Crippen molar-refractivity contribution in [1.29, 1.82) is 0 Å². The van der Waals surface area contributed by atoms with Crippen LogP contribution < -0.4 is 10.6 Å². The van der Waals surface area contributed by atoms with Gasteiger partial charge >= 0.3 is 0 Å². The molecule has 0 bridgehead atoms. The van der Waals surface area contributed by atoms with Crippen LogP contribution in [-0.2, 0) is 4.79 Å². The van der Waals surface area contributed by atoms with Gasteiger partial charge in [0.2, 0.25) is 11.0 Å². The number of nitrogens with zero attached hydrogens (tertiary/aromatic N) is 2. The van der Waals surface area contributed by atoms with Crippen molar-refractivity contribution in [1.82, 2.24) is 15.5 Å². The summed E-state index contributed by atoms with van der Waals surface area (Å²) in [4.78, 5) is 13.6. The maximum absolute atomic E-state index is 12.5. The number of benzene rings is 1. The minimum absolute atomic E-state index is 0.0100. The van der Waals surface area contributed by atoms with Gasteiger partial charge in [0.05, 0.1) is 11.8 Å². The number of amides is 1. The lowest BCUT2D eigenvalue weighted by Gasteiger charge is -2.17. The van der Waals surface area contributed by atoms with E-state index in [1.54, 1.807) is 11.3 Å². The Hall–Kier alpha value is -1.90. The predicted molar refractivity (Wildman–Crippen MR) is 108 cm³/mol.